The molecule has 1 aliphatic rings. The van der Waals surface area contributed by atoms with E-state index in [1.807, 2.05) is 0 Å². The summed E-state index contributed by atoms with van der Waals surface area (Å²) < 4.78 is 4.77. The smallest absolute Gasteiger partial charge is 0.327 e. The number of hydrogen-bond donors (Lipinski definition) is 1. The quantitative estimate of drug-likeness (QED) is 0.752. The van der Waals surface area contributed by atoms with Gasteiger partial charge >= 0.3 is 6.03 Å². The van der Waals surface area contributed by atoms with Gasteiger partial charge in [-0.15, -0.1) is 0 Å². The van der Waals surface area contributed by atoms with E-state index in [2.05, 4.69) is 10.5 Å². The molecule has 1 aromatic rings. The molecule has 1 aromatic heterocycles. The number of amides is 4. The lowest BCUT2D eigenvalue weighted by atomic mass is 10.4. The van der Waals surface area contributed by atoms with Crippen molar-refractivity contribution >= 4 is 23.7 Å². The van der Waals surface area contributed by atoms with E-state index < -0.39 is 17.8 Å². The van der Waals surface area contributed by atoms with Gasteiger partial charge < -0.3 is 14.7 Å². The van der Waals surface area contributed by atoms with Gasteiger partial charge in [0.2, 0.25) is 5.91 Å². The molecular weight excluding hydrogens is 240 g/mol. The molecule has 1 fully saturated rings. The Morgan fingerprint density at radius 3 is 2.78 bits per heavy atom. The van der Waals surface area contributed by atoms with Gasteiger partial charge in [-0.3, -0.25) is 14.5 Å². The average molecular weight is 252 g/mol. The lowest BCUT2D eigenvalue weighted by Crippen LogP contribution is -2.38. The molecule has 2 heterocycles. The highest BCUT2D eigenvalue weighted by Gasteiger charge is 2.34. The maximum Gasteiger partial charge on any atom is 0.327 e. The largest absolute Gasteiger partial charge is 0.360 e. The molecule has 0 aromatic carbocycles. The Kier molecular flexibility index (Phi) is 3.00. The highest BCUT2D eigenvalue weighted by molar-refractivity contribution is 6.06. The number of rotatable bonds is 3. The lowest BCUT2D eigenvalue weighted by molar-refractivity contribution is -0.129. The molecule has 0 atom stereocenters. The summed E-state index contributed by atoms with van der Waals surface area (Å²) in [5.41, 5.74) is 0. The van der Waals surface area contributed by atoms with Crippen LogP contribution < -0.4 is 5.32 Å². The van der Waals surface area contributed by atoms with Gasteiger partial charge in [0.1, 0.15) is 18.8 Å². The van der Waals surface area contributed by atoms with Gasteiger partial charge in [0.05, 0.1) is 0 Å². The number of aromatic nitrogens is 1. The highest BCUT2D eigenvalue weighted by Crippen LogP contribution is 2.09. The molecule has 4 amide bonds. The Morgan fingerprint density at radius 2 is 2.28 bits per heavy atom. The van der Waals surface area contributed by atoms with Crippen molar-refractivity contribution in [3.8, 4) is 0 Å². The van der Waals surface area contributed by atoms with Crippen LogP contribution in [-0.2, 0) is 9.59 Å². The second kappa shape index (κ2) is 4.47. The van der Waals surface area contributed by atoms with Crippen LogP contribution in [0.25, 0.3) is 0 Å². The number of nitrogens with zero attached hydrogens (tertiary/aromatic N) is 3. The number of anilines is 1. The Morgan fingerprint density at radius 1 is 1.56 bits per heavy atom. The standard InChI is InChI=1S/C10H12N4O4/c1-6-3-7(12-18-6)11-8(15)4-14-9(16)5-13(2)10(14)17/h3H,4-5H2,1-2H3,(H,11,12,15). The number of likely N-dealkylation sites (N-methyl/N-ethyl adjacent to an activating group) is 1. The minimum absolute atomic E-state index is 0.00478. The zero-order valence-corrected chi connectivity index (χ0v) is 9.97. The van der Waals surface area contributed by atoms with Crippen LogP contribution in [0.1, 0.15) is 5.76 Å². The molecule has 1 N–H and O–H groups in total. The van der Waals surface area contributed by atoms with Gasteiger partial charge in [-0.1, -0.05) is 5.16 Å². The molecule has 8 heteroatoms. The molecule has 1 aliphatic heterocycles. The van der Waals surface area contributed by atoms with Crippen LogP contribution in [0, 0.1) is 6.92 Å². The van der Waals surface area contributed by atoms with Crippen molar-refractivity contribution in [1.82, 2.24) is 15.0 Å². The normalized spacial score (nSPS) is 15.4. The number of nitrogens with one attached hydrogen (secondary N) is 1. The fraction of sp³-hybridized carbons (Fsp3) is 0.400. The summed E-state index contributed by atoms with van der Waals surface area (Å²) in [7, 11) is 1.50. The highest BCUT2D eigenvalue weighted by atomic mass is 16.5. The third-order valence-electron chi connectivity index (χ3n) is 2.43. The van der Waals surface area contributed by atoms with E-state index >= 15 is 0 Å². The number of hydrogen-bond acceptors (Lipinski definition) is 5. The van der Waals surface area contributed by atoms with E-state index in [0.717, 1.165) is 4.90 Å². The summed E-state index contributed by atoms with van der Waals surface area (Å²) in [6.45, 7) is 1.36. The van der Waals surface area contributed by atoms with Gasteiger partial charge in [0.15, 0.2) is 5.82 Å². The molecule has 8 nitrogen and oxygen atoms in total. The topological polar surface area (TPSA) is 95.8 Å². The lowest BCUT2D eigenvalue weighted by Gasteiger charge is -2.12. The maximum absolute atomic E-state index is 11.6. The van der Waals surface area contributed by atoms with Gasteiger partial charge in [-0.2, -0.15) is 0 Å². The fourth-order valence-corrected chi connectivity index (χ4v) is 1.58. The van der Waals surface area contributed by atoms with Crippen molar-refractivity contribution in [2.45, 2.75) is 6.92 Å². The van der Waals surface area contributed by atoms with E-state index in [4.69, 9.17) is 4.52 Å². The van der Waals surface area contributed by atoms with E-state index in [9.17, 15) is 14.4 Å². The van der Waals surface area contributed by atoms with Gasteiger partial charge in [0.25, 0.3) is 5.91 Å². The molecule has 1 saturated heterocycles. The SMILES string of the molecule is Cc1cc(NC(=O)CN2C(=O)CN(C)C2=O)no1. The number of carbonyl (C=O) groups excluding carboxylic acids is 3. The van der Waals surface area contributed by atoms with Crippen molar-refractivity contribution in [3.05, 3.63) is 11.8 Å². The molecule has 0 radical (unpaired) electrons. The Balaban J connectivity index is 1.95. The van der Waals surface area contributed by atoms with Crippen LogP contribution in [0.4, 0.5) is 10.6 Å². The first-order valence-corrected chi connectivity index (χ1v) is 5.26. The van der Waals surface area contributed by atoms with E-state index in [-0.39, 0.29) is 18.9 Å². The second-order valence-corrected chi connectivity index (χ2v) is 3.99. The number of imide groups is 1. The van der Waals surface area contributed by atoms with Crippen LogP contribution in [0.2, 0.25) is 0 Å². The summed E-state index contributed by atoms with van der Waals surface area (Å²) in [6, 6.07) is 1.06. The van der Waals surface area contributed by atoms with Gasteiger partial charge in [0, 0.05) is 13.1 Å². The third-order valence-corrected chi connectivity index (χ3v) is 2.43. The van der Waals surface area contributed by atoms with Crippen LogP contribution in [0.15, 0.2) is 10.6 Å². The first kappa shape index (κ1) is 12.1. The third kappa shape index (κ3) is 2.31. The molecule has 18 heavy (non-hydrogen) atoms. The van der Waals surface area contributed by atoms with E-state index in [0.29, 0.717) is 5.76 Å². The van der Waals surface area contributed by atoms with Crippen LogP contribution in [0.3, 0.4) is 0 Å². The van der Waals surface area contributed by atoms with Crippen LogP contribution in [0.5, 0.6) is 0 Å². The summed E-state index contributed by atoms with van der Waals surface area (Å²) in [4.78, 5) is 36.7. The molecule has 0 bridgehead atoms. The summed E-state index contributed by atoms with van der Waals surface area (Å²) in [6.07, 6.45) is 0. The van der Waals surface area contributed by atoms with Gasteiger partial charge in [-0.25, -0.2) is 4.79 Å². The predicted molar refractivity (Wildman–Crippen MR) is 59.6 cm³/mol. The van der Waals surface area contributed by atoms with Crippen molar-refractivity contribution in [1.29, 1.82) is 0 Å². The predicted octanol–water partition coefficient (Wildman–Crippen LogP) is -0.184. The molecule has 96 valence electrons. The first-order chi connectivity index (χ1) is 8.47. The molecular formula is C10H12N4O4. The first-order valence-electron chi connectivity index (χ1n) is 5.26. The fourth-order valence-electron chi connectivity index (χ4n) is 1.58. The molecule has 0 aliphatic carbocycles. The number of urea groups is 1. The Hall–Kier alpha value is -2.38. The van der Waals surface area contributed by atoms with Crippen LogP contribution >= 0.6 is 0 Å². The minimum atomic E-state index is -0.500. The summed E-state index contributed by atoms with van der Waals surface area (Å²) in [5.74, 6) is -0.0856. The van der Waals surface area contributed by atoms with Crippen LogP contribution in [-0.4, -0.2) is 52.9 Å². The molecule has 0 spiro atoms. The zero-order chi connectivity index (χ0) is 13.3. The minimum Gasteiger partial charge on any atom is -0.360 e. The van der Waals surface area contributed by atoms with E-state index in [1.54, 1.807) is 6.92 Å². The summed E-state index contributed by atoms with van der Waals surface area (Å²) in [5, 5.41) is 6.01. The molecule has 0 unspecified atom stereocenters. The van der Waals surface area contributed by atoms with Crippen molar-refractivity contribution in [2.75, 3.05) is 25.5 Å². The monoisotopic (exact) mass is 252 g/mol. The molecule has 0 saturated carbocycles. The maximum atomic E-state index is 11.6. The van der Waals surface area contributed by atoms with E-state index in [1.165, 1.54) is 18.0 Å². The number of carbonyl (C=O) groups is 3. The zero-order valence-electron chi connectivity index (χ0n) is 9.97. The average Bonchev–Trinajstić information content (AvgIpc) is 2.78. The van der Waals surface area contributed by atoms with Crippen molar-refractivity contribution in [2.24, 2.45) is 0 Å². The van der Waals surface area contributed by atoms with Gasteiger partial charge in [-0.05, 0) is 6.92 Å². The molecule has 2 rings (SSSR count). The summed E-state index contributed by atoms with van der Waals surface area (Å²) >= 11 is 0. The Labute approximate surface area is 102 Å². The van der Waals surface area contributed by atoms with Crippen molar-refractivity contribution in [3.63, 3.8) is 0 Å². The second-order valence-electron chi connectivity index (χ2n) is 3.99. The number of aryl methyl sites for hydroxylation is 1. The van der Waals surface area contributed by atoms with Crippen molar-refractivity contribution < 1.29 is 18.9 Å². The Bertz CT molecular complexity index is 510.